The van der Waals surface area contributed by atoms with Crippen LogP contribution in [0.4, 0.5) is 5.69 Å². The van der Waals surface area contributed by atoms with Gasteiger partial charge in [0.25, 0.3) is 0 Å². The van der Waals surface area contributed by atoms with Gasteiger partial charge in [-0.1, -0.05) is 45.3 Å². The summed E-state index contributed by atoms with van der Waals surface area (Å²) in [5.74, 6) is 0. The van der Waals surface area contributed by atoms with Gasteiger partial charge in [0.05, 0.1) is 12.6 Å². The zero-order valence-electron chi connectivity index (χ0n) is 14.0. The summed E-state index contributed by atoms with van der Waals surface area (Å²) in [5, 5.41) is 0. The summed E-state index contributed by atoms with van der Waals surface area (Å²) >= 11 is 0. The molecule has 0 saturated carbocycles. The minimum atomic E-state index is 0. The summed E-state index contributed by atoms with van der Waals surface area (Å²) in [5.41, 5.74) is 2.62. The van der Waals surface area contributed by atoms with Crippen molar-refractivity contribution >= 4 is 11.8 Å². The Kier molecular flexibility index (Phi) is 11.4. The van der Waals surface area contributed by atoms with E-state index < -0.39 is 0 Å². The van der Waals surface area contributed by atoms with Crippen molar-refractivity contribution in [1.29, 1.82) is 0 Å². The van der Waals surface area contributed by atoms with Crippen molar-refractivity contribution in [3.63, 3.8) is 0 Å². The Morgan fingerprint density at radius 2 is 1.57 bits per heavy atom. The number of hydrogen-bond donors (Lipinski definition) is 1. The molecule has 1 aromatic carbocycles. The van der Waals surface area contributed by atoms with Crippen LogP contribution in [0, 0.1) is 0 Å². The van der Waals surface area contributed by atoms with Gasteiger partial charge in [-0.25, -0.2) is 0 Å². The van der Waals surface area contributed by atoms with Gasteiger partial charge in [-0.2, -0.15) is 0 Å². The Hall–Kier alpha value is -0.790. The van der Waals surface area contributed by atoms with Crippen LogP contribution in [0.15, 0.2) is 30.8 Å². The van der Waals surface area contributed by atoms with Gasteiger partial charge in [0.1, 0.15) is 5.69 Å². The fourth-order valence-corrected chi connectivity index (χ4v) is 2.70. The molecule has 120 valence electrons. The molecule has 0 bridgehead atoms. The molecule has 1 atom stereocenters. The van der Waals surface area contributed by atoms with Crippen LogP contribution in [0.25, 0.3) is 6.08 Å². The lowest BCUT2D eigenvalue weighted by molar-refractivity contribution is -0.856. The number of rotatable bonds is 10. The highest BCUT2D eigenvalue weighted by atomic mass is 35.5. The van der Waals surface area contributed by atoms with E-state index in [9.17, 15) is 0 Å². The Bertz CT molecular complexity index is 370. The van der Waals surface area contributed by atoms with Crippen LogP contribution in [-0.4, -0.2) is 12.6 Å². The molecule has 1 N–H and O–H groups in total. The Morgan fingerprint density at radius 1 is 1.00 bits per heavy atom. The van der Waals surface area contributed by atoms with E-state index in [0.29, 0.717) is 6.04 Å². The monoisotopic (exact) mass is 309 g/mol. The molecule has 1 nitrogen and oxygen atoms in total. The van der Waals surface area contributed by atoms with Gasteiger partial charge in [0.2, 0.25) is 0 Å². The normalized spacial score (nSPS) is 12.0. The van der Waals surface area contributed by atoms with Crippen LogP contribution < -0.4 is 17.3 Å². The largest absolute Gasteiger partial charge is 1.00 e. The van der Waals surface area contributed by atoms with Gasteiger partial charge in [0, 0.05) is 0 Å². The second-order valence-electron chi connectivity index (χ2n) is 6.02. The summed E-state index contributed by atoms with van der Waals surface area (Å²) in [7, 11) is 0. The number of nitrogens with one attached hydrogen (secondary N) is 1. The summed E-state index contributed by atoms with van der Waals surface area (Å²) in [4.78, 5) is 1.61. The average Bonchev–Trinajstić information content (AvgIpc) is 2.46. The summed E-state index contributed by atoms with van der Waals surface area (Å²) < 4.78 is 0. The van der Waals surface area contributed by atoms with Gasteiger partial charge >= 0.3 is 0 Å². The van der Waals surface area contributed by atoms with Gasteiger partial charge < -0.3 is 17.3 Å². The summed E-state index contributed by atoms with van der Waals surface area (Å²) in [6.07, 6.45) is 10.1. The smallest absolute Gasteiger partial charge is 0.131 e. The van der Waals surface area contributed by atoms with E-state index in [0.717, 1.165) is 0 Å². The van der Waals surface area contributed by atoms with Crippen LogP contribution in [0.5, 0.6) is 0 Å². The quantitative estimate of drug-likeness (QED) is 0.627. The molecule has 0 aliphatic carbocycles. The molecule has 1 unspecified atom stereocenters. The van der Waals surface area contributed by atoms with Crippen LogP contribution in [0.1, 0.15) is 64.9 Å². The first kappa shape index (κ1) is 20.2. The van der Waals surface area contributed by atoms with Crippen molar-refractivity contribution in [2.75, 3.05) is 6.54 Å². The third-order valence-corrected chi connectivity index (χ3v) is 4.01. The lowest BCUT2D eigenvalue weighted by Gasteiger charge is -2.23. The van der Waals surface area contributed by atoms with Gasteiger partial charge in [-0.15, -0.1) is 0 Å². The lowest BCUT2D eigenvalue weighted by Crippen LogP contribution is -3.10. The predicted molar refractivity (Wildman–Crippen MR) is 90.5 cm³/mol. The molecule has 0 radical (unpaired) electrons. The summed E-state index contributed by atoms with van der Waals surface area (Å²) in [6.45, 7) is 12.0. The molecule has 21 heavy (non-hydrogen) atoms. The Morgan fingerprint density at radius 3 is 2.10 bits per heavy atom. The number of unbranched alkanes of at least 4 members (excludes halogenated alkanes) is 5. The molecule has 0 heterocycles. The van der Waals surface area contributed by atoms with E-state index in [2.05, 4.69) is 51.6 Å². The highest BCUT2D eigenvalue weighted by Crippen LogP contribution is 2.08. The molecular weight excluding hydrogens is 278 g/mol. The summed E-state index contributed by atoms with van der Waals surface area (Å²) in [6, 6.07) is 9.49. The maximum absolute atomic E-state index is 3.82. The van der Waals surface area contributed by atoms with Gasteiger partial charge in [0.15, 0.2) is 0 Å². The topological polar surface area (TPSA) is 4.44 Å². The molecule has 0 aromatic heterocycles. The highest BCUT2D eigenvalue weighted by molar-refractivity contribution is 5.49. The molecule has 2 heteroatoms. The zero-order valence-corrected chi connectivity index (χ0v) is 14.8. The van der Waals surface area contributed by atoms with Crippen LogP contribution in [-0.2, 0) is 0 Å². The maximum Gasteiger partial charge on any atom is 0.131 e. The fraction of sp³-hybridized carbons (Fsp3) is 0.579. The van der Waals surface area contributed by atoms with Crippen LogP contribution in [0.2, 0.25) is 0 Å². The SMILES string of the molecule is C=Cc1ccc([NH+](CCCCCCCC)C(C)C)cc1.[Cl-]. The number of quaternary nitrogens is 1. The Labute approximate surface area is 137 Å². The molecule has 0 aliphatic heterocycles. The molecule has 0 aliphatic rings. The van der Waals surface area contributed by atoms with E-state index >= 15 is 0 Å². The molecule has 0 fully saturated rings. The van der Waals surface area contributed by atoms with E-state index in [1.54, 1.807) is 4.90 Å². The first-order valence-corrected chi connectivity index (χ1v) is 8.27. The van der Waals surface area contributed by atoms with E-state index in [1.807, 2.05) is 6.08 Å². The molecule has 0 saturated heterocycles. The second kappa shape index (κ2) is 11.8. The molecule has 1 aromatic rings. The zero-order chi connectivity index (χ0) is 14.8. The molecular formula is C19H32ClN. The number of hydrogen-bond acceptors (Lipinski definition) is 0. The van der Waals surface area contributed by atoms with Gasteiger partial charge in [-0.05, 0) is 56.5 Å². The third kappa shape index (κ3) is 7.68. The van der Waals surface area contributed by atoms with E-state index in [4.69, 9.17) is 0 Å². The van der Waals surface area contributed by atoms with Crippen molar-refractivity contribution in [1.82, 2.24) is 0 Å². The van der Waals surface area contributed by atoms with Crippen molar-refractivity contribution in [3.05, 3.63) is 36.4 Å². The van der Waals surface area contributed by atoms with Crippen molar-refractivity contribution in [2.45, 2.75) is 65.3 Å². The van der Waals surface area contributed by atoms with Crippen molar-refractivity contribution < 1.29 is 17.3 Å². The minimum absolute atomic E-state index is 0. The first-order valence-electron chi connectivity index (χ1n) is 8.27. The van der Waals surface area contributed by atoms with E-state index in [-0.39, 0.29) is 12.4 Å². The Balaban J connectivity index is 0.00000400. The number of benzene rings is 1. The average molecular weight is 310 g/mol. The maximum atomic E-state index is 3.82. The highest BCUT2D eigenvalue weighted by Gasteiger charge is 2.15. The fourth-order valence-electron chi connectivity index (χ4n) is 2.70. The lowest BCUT2D eigenvalue weighted by atomic mass is 10.1. The molecule has 0 spiro atoms. The second-order valence-corrected chi connectivity index (χ2v) is 6.02. The van der Waals surface area contributed by atoms with E-state index in [1.165, 1.54) is 56.3 Å². The van der Waals surface area contributed by atoms with Crippen LogP contribution >= 0.6 is 0 Å². The third-order valence-electron chi connectivity index (χ3n) is 4.01. The van der Waals surface area contributed by atoms with Crippen molar-refractivity contribution in [3.8, 4) is 0 Å². The first-order chi connectivity index (χ1) is 9.69. The van der Waals surface area contributed by atoms with Crippen molar-refractivity contribution in [2.24, 2.45) is 0 Å². The standard InChI is InChI=1S/C19H31N.ClH/c1-5-7-8-9-10-11-16-20(17(3)4)19-14-12-18(6-2)13-15-19;/h6,12-15,17H,2,5,7-11,16H2,1,3-4H3;1H. The predicted octanol–water partition coefficient (Wildman–Crippen LogP) is 1.62. The van der Waals surface area contributed by atoms with Crippen LogP contribution in [0.3, 0.4) is 0 Å². The minimum Gasteiger partial charge on any atom is -1.00 e. The number of halogens is 1. The molecule has 1 rings (SSSR count). The van der Waals surface area contributed by atoms with Gasteiger partial charge in [-0.3, -0.25) is 0 Å². The molecule has 0 amide bonds.